The number of carbonyl (C=O) groups excluding carboxylic acids is 1. The van der Waals surface area contributed by atoms with Crippen LogP contribution in [0.5, 0.6) is 0 Å². The Morgan fingerprint density at radius 1 is 1.50 bits per heavy atom. The summed E-state index contributed by atoms with van der Waals surface area (Å²) in [5.41, 5.74) is 3.23. The minimum Gasteiger partial charge on any atom is -0.384 e. The molecule has 1 aliphatic rings. The van der Waals surface area contributed by atoms with Crippen molar-refractivity contribution >= 4 is 11.5 Å². The van der Waals surface area contributed by atoms with Crippen molar-refractivity contribution in [3.63, 3.8) is 0 Å². The maximum absolute atomic E-state index is 11.6. The topological polar surface area (TPSA) is 29.1 Å². The fourth-order valence-corrected chi connectivity index (χ4v) is 1.93. The smallest absolute Gasteiger partial charge is 0.164 e. The molecular weight excluding hydrogens is 174 g/mol. The average Bonchev–Trinajstić information content (AvgIpc) is 2.27. The molecule has 0 fully saturated rings. The van der Waals surface area contributed by atoms with Crippen LogP contribution in [0.3, 0.4) is 0 Å². The van der Waals surface area contributed by atoms with Crippen molar-refractivity contribution in [3.8, 4) is 0 Å². The summed E-state index contributed by atoms with van der Waals surface area (Å²) < 4.78 is 0. The third-order valence-electron chi connectivity index (χ3n) is 2.70. The number of nitrogens with one attached hydrogen (secondary N) is 1. The summed E-state index contributed by atoms with van der Waals surface area (Å²) in [6.45, 7) is 2.89. The lowest BCUT2D eigenvalue weighted by atomic mass is 9.97. The number of hydrogen-bond donors (Lipinski definition) is 1. The van der Waals surface area contributed by atoms with Crippen molar-refractivity contribution in [1.29, 1.82) is 0 Å². The lowest BCUT2D eigenvalue weighted by Crippen LogP contribution is -2.15. The monoisotopic (exact) mass is 189 g/mol. The van der Waals surface area contributed by atoms with Crippen LogP contribution in [0.25, 0.3) is 0 Å². The molecule has 0 atom stereocenters. The lowest BCUT2D eigenvalue weighted by molar-refractivity contribution is 0.0989. The Labute approximate surface area is 84.3 Å². The first kappa shape index (κ1) is 9.25. The molecule has 0 unspecified atom stereocenters. The van der Waals surface area contributed by atoms with Gasteiger partial charge in [0.25, 0.3) is 0 Å². The van der Waals surface area contributed by atoms with Crippen LogP contribution in [0.1, 0.15) is 35.7 Å². The number of anilines is 1. The highest BCUT2D eigenvalue weighted by Crippen LogP contribution is 2.26. The molecule has 1 aliphatic heterocycles. The van der Waals surface area contributed by atoms with E-state index in [4.69, 9.17) is 0 Å². The zero-order valence-corrected chi connectivity index (χ0v) is 8.47. The third kappa shape index (κ3) is 1.52. The van der Waals surface area contributed by atoms with E-state index in [1.807, 2.05) is 19.1 Å². The minimum absolute atomic E-state index is 0.233. The van der Waals surface area contributed by atoms with Crippen LogP contribution in [-0.4, -0.2) is 12.3 Å². The van der Waals surface area contributed by atoms with E-state index in [9.17, 15) is 4.79 Å². The van der Waals surface area contributed by atoms with Crippen LogP contribution in [0.2, 0.25) is 0 Å². The molecule has 1 heterocycles. The van der Waals surface area contributed by atoms with Gasteiger partial charge in [0.1, 0.15) is 0 Å². The molecule has 1 aromatic rings. The van der Waals surface area contributed by atoms with Gasteiger partial charge in [0.2, 0.25) is 0 Å². The molecule has 0 aromatic heterocycles. The van der Waals surface area contributed by atoms with E-state index in [1.54, 1.807) is 0 Å². The molecule has 0 spiro atoms. The number of rotatable bonds is 2. The number of benzene rings is 1. The van der Waals surface area contributed by atoms with Crippen molar-refractivity contribution in [2.45, 2.75) is 26.2 Å². The molecule has 0 saturated carbocycles. The lowest BCUT2D eigenvalue weighted by Gasteiger charge is -2.20. The molecule has 2 nitrogen and oxygen atoms in total. The standard InChI is InChI=1S/C12H15NO/c1-2-11(14)10-7-3-5-9-6-4-8-13-12(9)10/h3,5,7,13H,2,4,6,8H2,1H3. The Balaban J connectivity index is 2.45. The van der Waals surface area contributed by atoms with E-state index >= 15 is 0 Å². The molecule has 0 aliphatic carbocycles. The van der Waals surface area contributed by atoms with Gasteiger partial charge in [0.15, 0.2) is 5.78 Å². The minimum atomic E-state index is 0.233. The molecule has 0 radical (unpaired) electrons. The first-order valence-electron chi connectivity index (χ1n) is 5.22. The van der Waals surface area contributed by atoms with E-state index in [2.05, 4.69) is 11.4 Å². The summed E-state index contributed by atoms with van der Waals surface area (Å²) in [6.07, 6.45) is 2.84. The molecule has 2 heteroatoms. The number of ketones is 1. The number of hydrogen-bond acceptors (Lipinski definition) is 2. The van der Waals surface area contributed by atoms with Gasteiger partial charge in [0.05, 0.1) is 0 Å². The molecule has 14 heavy (non-hydrogen) atoms. The summed E-state index contributed by atoms with van der Waals surface area (Å²) >= 11 is 0. The summed E-state index contributed by atoms with van der Waals surface area (Å²) in [5.74, 6) is 0.233. The summed E-state index contributed by atoms with van der Waals surface area (Å²) in [6, 6.07) is 6.01. The predicted molar refractivity (Wildman–Crippen MR) is 57.9 cm³/mol. The van der Waals surface area contributed by atoms with E-state index in [-0.39, 0.29) is 5.78 Å². The maximum atomic E-state index is 11.6. The third-order valence-corrected chi connectivity index (χ3v) is 2.70. The molecule has 2 rings (SSSR count). The van der Waals surface area contributed by atoms with Crippen LogP contribution in [-0.2, 0) is 6.42 Å². The van der Waals surface area contributed by atoms with Crippen molar-refractivity contribution in [2.24, 2.45) is 0 Å². The van der Waals surface area contributed by atoms with Gasteiger partial charge < -0.3 is 5.32 Å². The van der Waals surface area contributed by atoms with Gasteiger partial charge in [-0.1, -0.05) is 19.1 Å². The Hall–Kier alpha value is -1.31. The molecule has 1 aromatic carbocycles. The van der Waals surface area contributed by atoms with Gasteiger partial charge in [-0.3, -0.25) is 4.79 Å². The van der Waals surface area contributed by atoms with Crippen LogP contribution in [0.15, 0.2) is 18.2 Å². The van der Waals surface area contributed by atoms with E-state index in [1.165, 1.54) is 5.56 Å². The number of aryl methyl sites for hydroxylation is 1. The highest BCUT2D eigenvalue weighted by atomic mass is 16.1. The Morgan fingerprint density at radius 2 is 2.36 bits per heavy atom. The molecule has 74 valence electrons. The Morgan fingerprint density at radius 3 is 3.14 bits per heavy atom. The predicted octanol–water partition coefficient (Wildman–Crippen LogP) is 2.64. The molecular formula is C12H15NO. The van der Waals surface area contributed by atoms with Gasteiger partial charge in [-0.05, 0) is 24.5 Å². The second kappa shape index (κ2) is 3.82. The van der Waals surface area contributed by atoms with Crippen LogP contribution in [0.4, 0.5) is 5.69 Å². The molecule has 0 saturated heterocycles. The van der Waals surface area contributed by atoms with Gasteiger partial charge in [-0.15, -0.1) is 0 Å². The zero-order chi connectivity index (χ0) is 9.97. The number of fused-ring (bicyclic) bond motifs is 1. The second-order valence-corrected chi connectivity index (χ2v) is 3.65. The van der Waals surface area contributed by atoms with Crippen LogP contribution < -0.4 is 5.32 Å². The molecule has 0 amide bonds. The Kier molecular flexibility index (Phi) is 2.53. The second-order valence-electron chi connectivity index (χ2n) is 3.65. The SMILES string of the molecule is CCC(=O)c1cccc2c1NCCC2. The molecule has 1 N–H and O–H groups in total. The fraction of sp³-hybridized carbons (Fsp3) is 0.417. The van der Waals surface area contributed by atoms with E-state index in [0.29, 0.717) is 6.42 Å². The van der Waals surface area contributed by atoms with Crippen LogP contribution in [0, 0.1) is 0 Å². The van der Waals surface area contributed by atoms with Gasteiger partial charge in [-0.25, -0.2) is 0 Å². The van der Waals surface area contributed by atoms with Crippen LogP contribution >= 0.6 is 0 Å². The summed E-state index contributed by atoms with van der Waals surface area (Å²) in [7, 11) is 0. The number of carbonyl (C=O) groups is 1. The largest absolute Gasteiger partial charge is 0.384 e. The van der Waals surface area contributed by atoms with E-state index < -0.39 is 0 Å². The highest BCUT2D eigenvalue weighted by Gasteiger charge is 2.15. The first-order valence-corrected chi connectivity index (χ1v) is 5.22. The fourth-order valence-electron chi connectivity index (χ4n) is 1.93. The summed E-state index contributed by atoms with van der Waals surface area (Å²) in [4.78, 5) is 11.6. The van der Waals surface area contributed by atoms with Crippen molar-refractivity contribution < 1.29 is 4.79 Å². The highest BCUT2D eigenvalue weighted by molar-refractivity contribution is 6.01. The van der Waals surface area contributed by atoms with Crippen molar-refractivity contribution in [2.75, 3.05) is 11.9 Å². The number of para-hydroxylation sites is 1. The quantitative estimate of drug-likeness (QED) is 0.724. The normalized spacial score (nSPS) is 14.4. The van der Waals surface area contributed by atoms with E-state index in [0.717, 1.165) is 30.6 Å². The maximum Gasteiger partial charge on any atom is 0.164 e. The van der Waals surface area contributed by atoms with Crippen molar-refractivity contribution in [1.82, 2.24) is 0 Å². The van der Waals surface area contributed by atoms with Gasteiger partial charge in [0, 0.05) is 24.2 Å². The zero-order valence-electron chi connectivity index (χ0n) is 8.47. The molecule has 0 bridgehead atoms. The van der Waals surface area contributed by atoms with Gasteiger partial charge in [-0.2, -0.15) is 0 Å². The average molecular weight is 189 g/mol. The van der Waals surface area contributed by atoms with Gasteiger partial charge >= 0.3 is 0 Å². The number of Topliss-reactive ketones (excluding diaryl/α,β-unsaturated/α-hetero) is 1. The summed E-state index contributed by atoms with van der Waals surface area (Å²) in [5, 5.41) is 3.33. The Bertz CT molecular complexity index is 357. The first-order chi connectivity index (χ1) is 6.83. The van der Waals surface area contributed by atoms with Crippen molar-refractivity contribution in [3.05, 3.63) is 29.3 Å².